The van der Waals surface area contributed by atoms with E-state index in [0.717, 1.165) is 0 Å². The molecule has 2 N–H and O–H groups in total. The topological polar surface area (TPSA) is 111 Å². The SMILES string of the molecule is C=C(C)C(=O)Oc1ccc(Nc2cccc3c2C(=O)c2c(Nc4ccc(OC(=O)C(=C)C)cc4)cccc2C3=O)cc1. The Balaban J connectivity index is 1.42. The second-order valence-electron chi connectivity index (χ2n) is 9.75. The molecule has 4 aromatic rings. The third-order valence-electron chi connectivity index (χ3n) is 6.46. The second-order valence-corrected chi connectivity index (χ2v) is 9.75. The zero-order chi connectivity index (χ0) is 30.0. The van der Waals surface area contributed by atoms with Crippen molar-refractivity contribution >= 4 is 46.3 Å². The fourth-order valence-corrected chi connectivity index (χ4v) is 4.36. The first-order chi connectivity index (χ1) is 20.1. The molecule has 1 aliphatic rings. The highest BCUT2D eigenvalue weighted by Gasteiger charge is 2.33. The van der Waals surface area contributed by atoms with Crippen molar-refractivity contribution in [1.82, 2.24) is 0 Å². The Kier molecular flexibility index (Phi) is 7.53. The van der Waals surface area contributed by atoms with Crippen LogP contribution in [-0.2, 0) is 9.59 Å². The number of carbonyl (C=O) groups is 4. The predicted octanol–water partition coefficient (Wildman–Crippen LogP) is 6.91. The molecule has 0 atom stereocenters. The van der Waals surface area contributed by atoms with Crippen molar-refractivity contribution in [2.45, 2.75) is 13.8 Å². The van der Waals surface area contributed by atoms with E-state index in [1.807, 2.05) is 0 Å². The van der Waals surface area contributed by atoms with Gasteiger partial charge < -0.3 is 20.1 Å². The van der Waals surface area contributed by atoms with E-state index >= 15 is 0 Å². The summed E-state index contributed by atoms with van der Waals surface area (Å²) in [6.07, 6.45) is 0. The molecule has 0 fully saturated rings. The number of ether oxygens (including phenoxy) is 2. The first-order valence-electron chi connectivity index (χ1n) is 13.0. The van der Waals surface area contributed by atoms with E-state index in [1.54, 1.807) is 98.8 Å². The molecule has 8 nitrogen and oxygen atoms in total. The molecule has 0 aliphatic heterocycles. The summed E-state index contributed by atoms with van der Waals surface area (Å²) < 4.78 is 10.5. The van der Waals surface area contributed by atoms with Crippen molar-refractivity contribution in [3.8, 4) is 11.5 Å². The largest absolute Gasteiger partial charge is 0.423 e. The van der Waals surface area contributed by atoms with Crippen molar-refractivity contribution in [2.24, 2.45) is 0 Å². The van der Waals surface area contributed by atoms with Crippen LogP contribution in [0.5, 0.6) is 11.5 Å². The Morgan fingerprint density at radius 3 is 1.31 bits per heavy atom. The third kappa shape index (κ3) is 5.59. The quantitative estimate of drug-likeness (QED) is 0.120. The highest BCUT2D eigenvalue weighted by Crippen LogP contribution is 2.37. The van der Waals surface area contributed by atoms with Crippen molar-refractivity contribution in [3.63, 3.8) is 0 Å². The molecular formula is C34H26N2O6. The lowest BCUT2D eigenvalue weighted by Gasteiger charge is -2.23. The van der Waals surface area contributed by atoms with Gasteiger partial charge in [-0.15, -0.1) is 0 Å². The summed E-state index contributed by atoms with van der Waals surface area (Å²) >= 11 is 0. The molecule has 0 radical (unpaired) electrons. The normalized spacial score (nSPS) is 11.6. The Labute approximate surface area is 242 Å². The lowest BCUT2D eigenvalue weighted by molar-refractivity contribution is -0.130. The highest BCUT2D eigenvalue weighted by molar-refractivity contribution is 6.32. The summed E-state index contributed by atoms with van der Waals surface area (Å²) in [6, 6.07) is 23.4. The number of fused-ring (bicyclic) bond motifs is 2. The summed E-state index contributed by atoms with van der Waals surface area (Å²) in [5, 5.41) is 6.43. The molecule has 0 bridgehead atoms. The van der Waals surface area contributed by atoms with E-state index in [1.165, 1.54) is 0 Å². The van der Waals surface area contributed by atoms with Gasteiger partial charge in [0.1, 0.15) is 11.5 Å². The van der Waals surface area contributed by atoms with Crippen LogP contribution in [0.4, 0.5) is 22.7 Å². The van der Waals surface area contributed by atoms with Crippen molar-refractivity contribution in [3.05, 3.63) is 131 Å². The van der Waals surface area contributed by atoms with Gasteiger partial charge in [0.05, 0.1) is 22.5 Å². The van der Waals surface area contributed by atoms with E-state index in [2.05, 4.69) is 23.8 Å². The Bertz CT molecular complexity index is 1660. The van der Waals surface area contributed by atoms with Crippen LogP contribution in [0.2, 0.25) is 0 Å². The number of carbonyl (C=O) groups excluding carboxylic acids is 4. The first-order valence-corrected chi connectivity index (χ1v) is 13.0. The molecule has 8 heteroatoms. The van der Waals surface area contributed by atoms with Crippen LogP contribution in [0.3, 0.4) is 0 Å². The van der Waals surface area contributed by atoms with Crippen LogP contribution in [0.15, 0.2) is 109 Å². The van der Waals surface area contributed by atoms with Crippen molar-refractivity contribution in [1.29, 1.82) is 0 Å². The summed E-state index contributed by atoms with van der Waals surface area (Å²) in [7, 11) is 0. The minimum atomic E-state index is -0.526. The average Bonchev–Trinajstić information content (AvgIpc) is 2.97. The van der Waals surface area contributed by atoms with Crippen LogP contribution in [0, 0.1) is 0 Å². The number of esters is 2. The molecule has 208 valence electrons. The lowest BCUT2D eigenvalue weighted by atomic mass is 9.82. The number of ketones is 2. The van der Waals surface area contributed by atoms with Crippen LogP contribution in [0.25, 0.3) is 0 Å². The van der Waals surface area contributed by atoms with Crippen LogP contribution in [-0.4, -0.2) is 23.5 Å². The van der Waals surface area contributed by atoms with Gasteiger partial charge in [0.2, 0.25) is 0 Å². The molecule has 0 saturated carbocycles. The smallest absolute Gasteiger partial charge is 0.338 e. The molecule has 5 rings (SSSR count). The van der Waals surface area contributed by atoms with Gasteiger partial charge in [-0.3, -0.25) is 9.59 Å². The fraction of sp³-hybridized carbons (Fsp3) is 0.0588. The minimum absolute atomic E-state index is 0.254. The van der Waals surface area contributed by atoms with Crippen LogP contribution >= 0.6 is 0 Å². The number of hydrogen-bond donors (Lipinski definition) is 2. The number of rotatable bonds is 8. The average molecular weight is 559 g/mol. The van der Waals surface area contributed by atoms with Gasteiger partial charge in [0.15, 0.2) is 11.6 Å². The summed E-state index contributed by atoms with van der Waals surface area (Å²) in [5.41, 5.74) is 3.84. The molecule has 0 amide bonds. The number of anilines is 4. The summed E-state index contributed by atoms with van der Waals surface area (Å²) in [4.78, 5) is 51.1. The van der Waals surface area contributed by atoms with E-state index in [9.17, 15) is 19.2 Å². The standard InChI is InChI=1S/C34H26N2O6/c1-19(2)33(39)41-23-15-11-21(12-16-23)35-27-9-5-7-25-29(27)32(38)30-26(31(25)37)8-6-10-28(30)36-22-13-17-24(18-14-22)42-34(40)20(3)4/h5-18,35-36H,1,3H2,2,4H3. The van der Waals surface area contributed by atoms with Crippen LogP contribution < -0.4 is 20.1 Å². The van der Waals surface area contributed by atoms with Gasteiger partial charge in [0, 0.05) is 33.6 Å². The number of benzene rings is 4. The van der Waals surface area contributed by atoms with Crippen LogP contribution in [0.1, 0.15) is 45.7 Å². The van der Waals surface area contributed by atoms with Gasteiger partial charge in [-0.2, -0.15) is 0 Å². The van der Waals surface area contributed by atoms with Gasteiger partial charge in [0.25, 0.3) is 0 Å². The molecule has 0 unspecified atom stereocenters. The maximum absolute atomic E-state index is 14.0. The van der Waals surface area contributed by atoms with E-state index in [0.29, 0.717) is 45.4 Å². The zero-order valence-electron chi connectivity index (χ0n) is 22.9. The van der Waals surface area contributed by atoms with Gasteiger partial charge in [-0.25, -0.2) is 9.59 Å². The van der Waals surface area contributed by atoms with E-state index in [-0.39, 0.29) is 33.8 Å². The lowest BCUT2D eigenvalue weighted by Crippen LogP contribution is -2.23. The minimum Gasteiger partial charge on any atom is -0.423 e. The molecule has 1 aliphatic carbocycles. The molecule has 4 aromatic carbocycles. The highest BCUT2D eigenvalue weighted by atomic mass is 16.5. The zero-order valence-corrected chi connectivity index (χ0v) is 22.9. The third-order valence-corrected chi connectivity index (χ3v) is 6.46. The van der Waals surface area contributed by atoms with Gasteiger partial charge in [-0.1, -0.05) is 37.4 Å². The second kappa shape index (κ2) is 11.4. The fourth-order valence-electron chi connectivity index (χ4n) is 4.36. The van der Waals surface area contributed by atoms with Crippen molar-refractivity contribution in [2.75, 3.05) is 10.6 Å². The molecule has 0 spiro atoms. The Morgan fingerprint density at radius 1 is 0.571 bits per heavy atom. The molecular weight excluding hydrogens is 532 g/mol. The number of nitrogens with one attached hydrogen (secondary N) is 2. The van der Waals surface area contributed by atoms with Gasteiger partial charge >= 0.3 is 11.9 Å². The van der Waals surface area contributed by atoms with E-state index < -0.39 is 11.9 Å². The summed E-state index contributed by atoms with van der Waals surface area (Å²) in [6.45, 7) is 10.3. The molecule has 0 aromatic heterocycles. The molecule has 42 heavy (non-hydrogen) atoms. The first kappa shape index (κ1) is 27.8. The monoisotopic (exact) mass is 558 g/mol. The van der Waals surface area contributed by atoms with E-state index in [4.69, 9.17) is 9.47 Å². The Morgan fingerprint density at radius 2 is 0.952 bits per heavy atom. The number of hydrogen-bond acceptors (Lipinski definition) is 8. The van der Waals surface area contributed by atoms with Crippen molar-refractivity contribution < 1.29 is 28.7 Å². The maximum Gasteiger partial charge on any atom is 0.338 e. The molecule has 0 heterocycles. The molecule has 0 saturated heterocycles. The maximum atomic E-state index is 14.0. The predicted molar refractivity (Wildman–Crippen MR) is 160 cm³/mol. The van der Waals surface area contributed by atoms with Gasteiger partial charge in [-0.05, 0) is 74.5 Å². The summed E-state index contributed by atoms with van der Waals surface area (Å²) in [5.74, 6) is -0.937. The Hall–Kier alpha value is -5.76.